The third-order valence-electron chi connectivity index (χ3n) is 2.31. The Bertz CT molecular complexity index is 277. The van der Waals surface area contributed by atoms with E-state index >= 15 is 0 Å². The second-order valence-electron chi connectivity index (χ2n) is 3.72. The van der Waals surface area contributed by atoms with Crippen molar-refractivity contribution in [1.29, 1.82) is 0 Å². The number of hydrogen-bond donors (Lipinski definition) is 1. The lowest BCUT2D eigenvalue weighted by Crippen LogP contribution is -2.11. The van der Waals surface area contributed by atoms with Gasteiger partial charge in [0.2, 0.25) is 0 Å². The molecule has 1 atom stereocenters. The molecule has 4 heteroatoms. The van der Waals surface area contributed by atoms with Crippen molar-refractivity contribution in [2.75, 3.05) is 5.73 Å². The van der Waals surface area contributed by atoms with Gasteiger partial charge in [0.1, 0.15) is 0 Å². The zero-order valence-corrected chi connectivity index (χ0v) is 8.78. The molecular weight excluding hydrogens is 164 g/mol. The van der Waals surface area contributed by atoms with E-state index in [2.05, 4.69) is 38.0 Å². The molecule has 0 bridgehead atoms. The molecule has 0 aliphatic carbocycles. The standard InChI is InChI=1S/C9H18N4/c1-5-7(4)13-8(6(2)3)9(10)11-12-13/h6-7H,5,10H2,1-4H3. The first kappa shape index (κ1) is 10.0. The summed E-state index contributed by atoms with van der Waals surface area (Å²) in [7, 11) is 0. The zero-order valence-electron chi connectivity index (χ0n) is 8.78. The summed E-state index contributed by atoms with van der Waals surface area (Å²) in [6, 6.07) is 0.377. The van der Waals surface area contributed by atoms with E-state index in [0.717, 1.165) is 12.1 Å². The molecule has 0 spiro atoms. The van der Waals surface area contributed by atoms with E-state index in [4.69, 9.17) is 5.73 Å². The highest BCUT2D eigenvalue weighted by molar-refractivity contribution is 5.35. The van der Waals surface area contributed by atoms with Gasteiger partial charge >= 0.3 is 0 Å². The van der Waals surface area contributed by atoms with E-state index in [1.165, 1.54) is 0 Å². The smallest absolute Gasteiger partial charge is 0.169 e. The van der Waals surface area contributed by atoms with Crippen molar-refractivity contribution < 1.29 is 0 Å². The molecule has 0 aliphatic heterocycles. The number of aromatic nitrogens is 3. The number of anilines is 1. The average molecular weight is 182 g/mol. The maximum atomic E-state index is 5.74. The van der Waals surface area contributed by atoms with Gasteiger partial charge in [-0.15, -0.1) is 5.10 Å². The Balaban J connectivity index is 3.07. The molecule has 1 heterocycles. The van der Waals surface area contributed by atoms with Gasteiger partial charge in [-0.05, 0) is 19.3 Å². The van der Waals surface area contributed by atoms with Crippen LogP contribution in [0.1, 0.15) is 51.8 Å². The normalized spacial score (nSPS) is 13.6. The van der Waals surface area contributed by atoms with E-state index in [9.17, 15) is 0 Å². The molecule has 2 N–H and O–H groups in total. The van der Waals surface area contributed by atoms with Crippen LogP contribution < -0.4 is 5.73 Å². The number of nitrogens with two attached hydrogens (primary N) is 1. The Morgan fingerprint density at radius 3 is 2.46 bits per heavy atom. The van der Waals surface area contributed by atoms with Crippen molar-refractivity contribution in [3.05, 3.63) is 5.69 Å². The van der Waals surface area contributed by atoms with E-state index < -0.39 is 0 Å². The van der Waals surface area contributed by atoms with Crippen molar-refractivity contribution in [1.82, 2.24) is 15.0 Å². The third kappa shape index (κ3) is 1.82. The van der Waals surface area contributed by atoms with E-state index in [1.54, 1.807) is 0 Å². The largest absolute Gasteiger partial charge is 0.381 e. The van der Waals surface area contributed by atoms with Crippen LogP contribution >= 0.6 is 0 Å². The van der Waals surface area contributed by atoms with Crippen LogP contribution in [-0.4, -0.2) is 15.0 Å². The highest BCUT2D eigenvalue weighted by Crippen LogP contribution is 2.23. The summed E-state index contributed by atoms with van der Waals surface area (Å²) in [5, 5.41) is 7.95. The van der Waals surface area contributed by atoms with Crippen molar-refractivity contribution in [2.24, 2.45) is 0 Å². The van der Waals surface area contributed by atoms with Gasteiger partial charge in [-0.25, -0.2) is 4.68 Å². The summed E-state index contributed by atoms with van der Waals surface area (Å²) < 4.78 is 1.93. The lowest BCUT2D eigenvalue weighted by atomic mass is 10.1. The minimum absolute atomic E-state index is 0.377. The maximum Gasteiger partial charge on any atom is 0.169 e. The molecule has 0 aromatic carbocycles. The fourth-order valence-electron chi connectivity index (χ4n) is 1.37. The Morgan fingerprint density at radius 2 is 2.00 bits per heavy atom. The molecule has 0 amide bonds. The molecule has 13 heavy (non-hydrogen) atoms. The monoisotopic (exact) mass is 182 g/mol. The summed E-state index contributed by atoms with van der Waals surface area (Å²) >= 11 is 0. The Hall–Kier alpha value is -1.06. The zero-order chi connectivity index (χ0) is 10.0. The summed E-state index contributed by atoms with van der Waals surface area (Å²) in [4.78, 5) is 0. The van der Waals surface area contributed by atoms with Crippen molar-refractivity contribution in [3.8, 4) is 0 Å². The van der Waals surface area contributed by atoms with Crippen LogP contribution in [-0.2, 0) is 0 Å². The van der Waals surface area contributed by atoms with E-state index in [0.29, 0.717) is 17.8 Å². The number of rotatable bonds is 3. The number of hydrogen-bond acceptors (Lipinski definition) is 3. The Kier molecular flexibility index (Phi) is 2.90. The minimum atomic E-state index is 0.377. The maximum absolute atomic E-state index is 5.74. The Labute approximate surface area is 79.1 Å². The topological polar surface area (TPSA) is 56.7 Å². The molecule has 74 valence electrons. The lowest BCUT2D eigenvalue weighted by molar-refractivity contribution is 0.441. The molecule has 1 aromatic heterocycles. The molecule has 4 nitrogen and oxygen atoms in total. The van der Waals surface area contributed by atoms with Crippen molar-refractivity contribution in [3.63, 3.8) is 0 Å². The first-order chi connectivity index (χ1) is 6.07. The average Bonchev–Trinajstić information content (AvgIpc) is 2.45. The molecule has 1 unspecified atom stereocenters. The fourth-order valence-corrected chi connectivity index (χ4v) is 1.37. The molecule has 0 aliphatic rings. The van der Waals surface area contributed by atoms with E-state index in [1.807, 2.05) is 4.68 Å². The van der Waals surface area contributed by atoms with Gasteiger partial charge in [0.05, 0.1) is 11.7 Å². The number of nitrogens with zero attached hydrogens (tertiary/aromatic N) is 3. The summed E-state index contributed by atoms with van der Waals surface area (Å²) in [6.07, 6.45) is 1.04. The van der Waals surface area contributed by atoms with Crippen LogP contribution in [0.3, 0.4) is 0 Å². The SMILES string of the molecule is CCC(C)n1nnc(N)c1C(C)C. The van der Waals surface area contributed by atoms with Gasteiger partial charge in [-0.2, -0.15) is 0 Å². The minimum Gasteiger partial charge on any atom is -0.381 e. The summed E-state index contributed by atoms with van der Waals surface area (Å²) in [5.74, 6) is 0.944. The molecule has 0 saturated carbocycles. The van der Waals surface area contributed by atoms with Gasteiger partial charge in [0, 0.05) is 0 Å². The quantitative estimate of drug-likeness (QED) is 0.777. The fraction of sp³-hybridized carbons (Fsp3) is 0.778. The second-order valence-corrected chi connectivity index (χ2v) is 3.72. The van der Waals surface area contributed by atoms with E-state index in [-0.39, 0.29) is 0 Å². The third-order valence-corrected chi connectivity index (χ3v) is 2.31. The highest BCUT2D eigenvalue weighted by Gasteiger charge is 2.16. The first-order valence-electron chi connectivity index (χ1n) is 4.78. The predicted octanol–water partition coefficient (Wildman–Crippen LogP) is 1.95. The molecule has 0 fully saturated rings. The van der Waals surface area contributed by atoms with Crippen molar-refractivity contribution in [2.45, 2.75) is 46.1 Å². The molecule has 0 radical (unpaired) electrons. The predicted molar refractivity (Wildman–Crippen MR) is 53.5 cm³/mol. The van der Waals surface area contributed by atoms with Gasteiger partial charge in [0.15, 0.2) is 5.82 Å². The first-order valence-corrected chi connectivity index (χ1v) is 4.78. The van der Waals surface area contributed by atoms with Crippen molar-refractivity contribution >= 4 is 5.82 Å². The van der Waals surface area contributed by atoms with Gasteiger partial charge in [-0.3, -0.25) is 0 Å². The molecular formula is C9H18N4. The van der Waals surface area contributed by atoms with Gasteiger partial charge in [0.25, 0.3) is 0 Å². The highest BCUT2D eigenvalue weighted by atomic mass is 15.5. The second kappa shape index (κ2) is 3.77. The van der Waals surface area contributed by atoms with Crippen LogP contribution in [0, 0.1) is 0 Å². The van der Waals surface area contributed by atoms with Gasteiger partial charge < -0.3 is 5.73 Å². The van der Waals surface area contributed by atoms with Crippen LogP contribution in [0.25, 0.3) is 0 Å². The van der Waals surface area contributed by atoms with Crippen LogP contribution in [0.4, 0.5) is 5.82 Å². The lowest BCUT2D eigenvalue weighted by Gasteiger charge is -2.14. The molecule has 1 rings (SSSR count). The summed E-state index contributed by atoms with van der Waals surface area (Å²) in [5.41, 5.74) is 6.79. The van der Waals surface area contributed by atoms with Crippen LogP contribution in [0.15, 0.2) is 0 Å². The van der Waals surface area contributed by atoms with Crippen LogP contribution in [0.2, 0.25) is 0 Å². The number of nitrogen functional groups attached to an aromatic ring is 1. The van der Waals surface area contributed by atoms with Gasteiger partial charge in [-0.1, -0.05) is 26.0 Å². The Morgan fingerprint density at radius 1 is 1.38 bits per heavy atom. The van der Waals surface area contributed by atoms with Crippen LogP contribution in [0.5, 0.6) is 0 Å². The molecule has 0 saturated heterocycles. The molecule has 1 aromatic rings. The summed E-state index contributed by atoms with van der Waals surface area (Å²) in [6.45, 7) is 8.47.